The maximum absolute atomic E-state index is 12.1. The highest BCUT2D eigenvalue weighted by molar-refractivity contribution is 5.70. The fourth-order valence-corrected chi connectivity index (χ4v) is 4.14. The van der Waals surface area contributed by atoms with Crippen molar-refractivity contribution in [3.05, 3.63) is 49.6 Å². The maximum Gasteiger partial charge on any atom is 0.307 e. The molecule has 1 rings (SSSR count). The molecule has 3 atom stereocenters. The van der Waals surface area contributed by atoms with Gasteiger partial charge in [-0.1, -0.05) is 94.7 Å². The average molecular weight is 521 g/mol. The average Bonchev–Trinajstić information content (AvgIpc) is 3.67. The summed E-state index contributed by atoms with van der Waals surface area (Å²) in [6.07, 6.45) is 32.4. The minimum Gasteiger partial charge on any atom is -0.445 e. The van der Waals surface area contributed by atoms with E-state index in [-0.39, 0.29) is 12.1 Å². The summed E-state index contributed by atoms with van der Waals surface area (Å²) in [7, 11) is 0. The highest BCUT2D eigenvalue weighted by atomic mass is 16.6. The Morgan fingerprint density at radius 2 is 1.53 bits per heavy atom. The second-order valence-corrected chi connectivity index (χ2v) is 10.0. The summed E-state index contributed by atoms with van der Waals surface area (Å²) >= 11 is 0. The monoisotopic (exact) mass is 520 g/mol. The molecule has 0 aromatic heterocycles. The van der Waals surface area contributed by atoms with Crippen LogP contribution in [-0.2, 0) is 14.3 Å². The Morgan fingerprint density at radius 1 is 0.842 bits per heavy atom. The number of hydrogen-bond acceptors (Lipinski definition) is 3. The Labute approximate surface area is 234 Å². The first-order valence-corrected chi connectivity index (χ1v) is 15.1. The van der Waals surface area contributed by atoms with Gasteiger partial charge in [0.1, 0.15) is 0 Å². The third kappa shape index (κ3) is 20.6. The van der Waals surface area contributed by atoms with Gasteiger partial charge in [0.15, 0.2) is 6.10 Å². The van der Waals surface area contributed by atoms with Crippen LogP contribution >= 0.6 is 0 Å². The number of ether oxygens (including phenoxy) is 2. The number of rotatable bonds is 23. The van der Waals surface area contributed by atoms with E-state index in [1.807, 2.05) is 6.08 Å². The highest BCUT2D eigenvalue weighted by Gasteiger charge is 2.36. The van der Waals surface area contributed by atoms with Gasteiger partial charge >= 0.3 is 5.97 Å². The molecule has 1 heterocycles. The molecular formula is C35H52O3. The molecule has 38 heavy (non-hydrogen) atoms. The van der Waals surface area contributed by atoms with Crippen molar-refractivity contribution in [2.24, 2.45) is 0 Å². The zero-order chi connectivity index (χ0) is 27.5. The van der Waals surface area contributed by atoms with E-state index in [0.29, 0.717) is 18.9 Å². The molecule has 0 aromatic rings. The van der Waals surface area contributed by atoms with Gasteiger partial charge in [-0.2, -0.15) is 0 Å². The second kappa shape index (κ2) is 24.8. The van der Waals surface area contributed by atoms with E-state index in [1.54, 1.807) is 6.08 Å². The van der Waals surface area contributed by atoms with Crippen molar-refractivity contribution in [1.29, 1.82) is 0 Å². The number of esters is 1. The zero-order valence-corrected chi connectivity index (χ0v) is 24.1. The lowest BCUT2D eigenvalue weighted by Crippen LogP contribution is -2.13. The summed E-state index contributed by atoms with van der Waals surface area (Å²) < 4.78 is 11.1. The Kier molecular flexibility index (Phi) is 21.9. The molecule has 1 aliphatic rings. The summed E-state index contributed by atoms with van der Waals surface area (Å²) in [6.45, 7) is 9.71. The summed E-state index contributed by atoms with van der Waals surface area (Å²) in [6, 6.07) is 0. The molecule has 0 aromatic carbocycles. The molecular weight excluding hydrogens is 468 g/mol. The van der Waals surface area contributed by atoms with Crippen LogP contribution in [0.4, 0.5) is 0 Å². The van der Waals surface area contributed by atoms with Crippen LogP contribution in [0.2, 0.25) is 0 Å². The SMILES string of the molecule is C=CCCCCCC1OC1CC#CC#CC(C=C)OC(=O)CCCCCCCC=CCC=CCCCCC. The summed E-state index contributed by atoms with van der Waals surface area (Å²) in [5.74, 6) is 11.4. The van der Waals surface area contributed by atoms with Crippen LogP contribution in [-0.4, -0.2) is 24.3 Å². The van der Waals surface area contributed by atoms with E-state index in [1.165, 1.54) is 57.8 Å². The van der Waals surface area contributed by atoms with E-state index in [0.717, 1.165) is 44.9 Å². The van der Waals surface area contributed by atoms with E-state index in [9.17, 15) is 4.79 Å². The van der Waals surface area contributed by atoms with E-state index < -0.39 is 6.10 Å². The number of allylic oxidation sites excluding steroid dienone is 5. The van der Waals surface area contributed by atoms with Gasteiger partial charge in [0, 0.05) is 12.8 Å². The van der Waals surface area contributed by atoms with Crippen LogP contribution in [0.1, 0.15) is 122 Å². The van der Waals surface area contributed by atoms with E-state index in [2.05, 4.69) is 68.1 Å². The van der Waals surface area contributed by atoms with Gasteiger partial charge in [-0.05, 0) is 81.6 Å². The largest absolute Gasteiger partial charge is 0.445 e. The fourth-order valence-electron chi connectivity index (χ4n) is 4.14. The van der Waals surface area contributed by atoms with Gasteiger partial charge in [0.2, 0.25) is 0 Å². The van der Waals surface area contributed by atoms with Crippen LogP contribution in [0.25, 0.3) is 0 Å². The lowest BCUT2D eigenvalue weighted by molar-refractivity contribution is -0.144. The van der Waals surface area contributed by atoms with Gasteiger partial charge in [0.25, 0.3) is 0 Å². The molecule has 0 radical (unpaired) electrons. The highest BCUT2D eigenvalue weighted by Crippen LogP contribution is 2.29. The lowest BCUT2D eigenvalue weighted by Gasteiger charge is -2.07. The van der Waals surface area contributed by atoms with Crippen LogP contribution in [0.3, 0.4) is 0 Å². The minimum absolute atomic E-state index is 0.217. The number of carbonyl (C=O) groups excluding carboxylic acids is 1. The van der Waals surface area contributed by atoms with Crippen molar-refractivity contribution in [2.45, 2.75) is 141 Å². The molecule has 0 saturated carbocycles. The van der Waals surface area contributed by atoms with Crippen LogP contribution in [0, 0.1) is 23.7 Å². The van der Waals surface area contributed by atoms with Crippen molar-refractivity contribution in [1.82, 2.24) is 0 Å². The summed E-state index contributed by atoms with van der Waals surface area (Å²) in [5, 5.41) is 0. The van der Waals surface area contributed by atoms with Crippen molar-refractivity contribution in [3.63, 3.8) is 0 Å². The third-order valence-corrected chi connectivity index (χ3v) is 6.56. The second-order valence-electron chi connectivity index (χ2n) is 10.0. The zero-order valence-electron chi connectivity index (χ0n) is 24.1. The number of carbonyl (C=O) groups is 1. The Morgan fingerprint density at radius 3 is 2.26 bits per heavy atom. The number of unbranched alkanes of at least 4 members (excludes halogenated alkanes) is 11. The van der Waals surface area contributed by atoms with E-state index in [4.69, 9.17) is 9.47 Å². The molecule has 0 bridgehead atoms. The van der Waals surface area contributed by atoms with Gasteiger partial charge < -0.3 is 9.47 Å². The first kappa shape index (κ1) is 33.5. The first-order valence-electron chi connectivity index (χ1n) is 15.1. The molecule has 3 unspecified atom stereocenters. The molecule has 1 fully saturated rings. The fraction of sp³-hybridized carbons (Fsp3) is 0.629. The van der Waals surface area contributed by atoms with Crippen LogP contribution < -0.4 is 0 Å². The Bertz CT molecular complexity index is 814. The Hall–Kier alpha value is -2.49. The maximum atomic E-state index is 12.1. The van der Waals surface area contributed by atoms with Crippen LogP contribution in [0.5, 0.6) is 0 Å². The summed E-state index contributed by atoms with van der Waals surface area (Å²) in [5.41, 5.74) is 0. The quantitative estimate of drug-likeness (QED) is 0.0443. The molecule has 0 aliphatic carbocycles. The molecule has 1 aliphatic heterocycles. The predicted molar refractivity (Wildman–Crippen MR) is 162 cm³/mol. The summed E-state index contributed by atoms with van der Waals surface area (Å²) in [4.78, 5) is 12.1. The topological polar surface area (TPSA) is 38.8 Å². The first-order chi connectivity index (χ1) is 18.7. The Balaban J connectivity index is 2.02. The smallest absolute Gasteiger partial charge is 0.307 e. The number of hydrogen-bond donors (Lipinski definition) is 0. The third-order valence-electron chi connectivity index (χ3n) is 6.56. The molecule has 1 saturated heterocycles. The van der Waals surface area contributed by atoms with E-state index >= 15 is 0 Å². The van der Waals surface area contributed by atoms with Gasteiger partial charge in [0.05, 0.1) is 12.2 Å². The van der Waals surface area contributed by atoms with Crippen molar-refractivity contribution >= 4 is 5.97 Å². The number of epoxide rings is 1. The normalized spacial score (nSPS) is 16.9. The van der Waals surface area contributed by atoms with Gasteiger partial charge in [-0.15, -0.1) is 6.58 Å². The van der Waals surface area contributed by atoms with Crippen molar-refractivity contribution < 1.29 is 14.3 Å². The minimum atomic E-state index is -0.602. The van der Waals surface area contributed by atoms with Gasteiger partial charge in [-0.25, -0.2) is 0 Å². The van der Waals surface area contributed by atoms with Crippen molar-refractivity contribution in [3.8, 4) is 23.7 Å². The molecule has 0 spiro atoms. The van der Waals surface area contributed by atoms with Gasteiger partial charge in [-0.3, -0.25) is 4.79 Å². The molecule has 0 amide bonds. The molecule has 0 N–H and O–H groups in total. The molecule has 3 heteroatoms. The molecule has 3 nitrogen and oxygen atoms in total. The van der Waals surface area contributed by atoms with Crippen LogP contribution in [0.15, 0.2) is 49.6 Å². The van der Waals surface area contributed by atoms with Crippen molar-refractivity contribution in [2.75, 3.05) is 0 Å². The lowest BCUT2D eigenvalue weighted by atomic mass is 10.1. The predicted octanol–water partition coefficient (Wildman–Crippen LogP) is 9.20. The molecule has 210 valence electrons. The standard InChI is InChI=1S/C35H52O3/c1-4-7-9-11-12-13-14-15-16-17-18-19-20-22-27-31-35(36)37-32(6-3)28-24-23-26-30-34-33(38-34)29-25-21-10-8-5-2/h5-6,12-13,15-16,32-34H,2-4,7-11,14,17-22,25,27,29-31H2,1H3.